The van der Waals surface area contributed by atoms with Crippen LogP contribution in [0.15, 0.2) is 22.7 Å². The Balaban J connectivity index is 1.39. The summed E-state index contributed by atoms with van der Waals surface area (Å²) in [6.45, 7) is 4.79. The number of halogens is 1. The van der Waals surface area contributed by atoms with Crippen molar-refractivity contribution in [1.82, 2.24) is 9.80 Å². The molecule has 2 unspecified atom stereocenters. The number of likely N-dealkylation sites (tertiary alicyclic amines) is 2. The first-order valence-corrected chi connectivity index (χ1v) is 11.3. The number of carbonyl (C=O) groups excluding carboxylic acids is 1. The Bertz CT molecular complexity index is 655. The Kier molecular flexibility index (Phi) is 8.18. The van der Waals surface area contributed by atoms with Crippen molar-refractivity contribution in [3.05, 3.63) is 28.2 Å². The van der Waals surface area contributed by atoms with Gasteiger partial charge in [-0.15, -0.1) is 0 Å². The minimum atomic E-state index is -0.356. The highest BCUT2D eigenvalue weighted by molar-refractivity contribution is 9.10. The van der Waals surface area contributed by atoms with Crippen molar-refractivity contribution in [3.8, 4) is 5.75 Å². The molecular weight excluding hydrogens is 420 g/mol. The fraction of sp³-hybridized carbons (Fsp3) is 0.682. The molecule has 1 amide bonds. The smallest absolute Gasteiger partial charge is 0.248 e. The Morgan fingerprint density at radius 1 is 1.25 bits per heavy atom. The molecule has 2 heterocycles. The monoisotopic (exact) mass is 452 g/mol. The van der Waals surface area contributed by atoms with Gasteiger partial charge in [0.05, 0.1) is 7.11 Å². The van der Waals surface area contributed by atoms with Crippen LogP contribution in [0.1, 0.15) is 37.7 Å². The maximum atomic E-state index is 11.7. The number of carbonyl (C=O) groups is 1. The minimum absolute atomic E-state index is 0.115. The number of aliphatic hydroxyl groups excluding tert-OH is 1. The zero-order chi connectivity index (χ0) is 19.9. The van der Waals surface area contributed by atoms with Crippen LogP contribution in [0.5, 0.6) is 5.75 Å². The molecule has 2 saturated heterocycles. The van der Waals surface area contributed by atoms with Gasteiger partial charge in [0.15, 0.2) is 0 Å². The van der Waals surface area contributed by atoms with E-state index in [9.17, 15) is 4.79 Å². The van der Waals surface area contributed by atoms with Gasteiger partial charge in [0.2, 0.25) is 5.91 Å². The van der Waals surface area contributed by atoms with Gasteiger partial charge < -0.3 is 19.6 Å². The highest BCUT2D eigenvalue weighted by atomic mass is 79.9. The molecule has 0 radical (unpaired) electrons. The van der Waals surface area contributed by atoms with Crippen LogP contribution in [0.25, 0.3) is 0 Å². The molecule has 2 aliphatic heterocycles. The maximum absolute atomic E-state index is 11.7. The number of piperidine rings is 1. The van der Waals surface area contributed by atoms with E-state index in [1.807, 2.05) is 11.0 Å². The fourth-order valence-electron chi connectivity index (χ4n) is 4.66. The van der Waals surface area contributed by atoms with E-state index < -0.39 is 0 Å². The molecule has 0 saturated carbocycles. The first kappa shape index (κ1) is 21.6. The first-order chi connectivity index (χ1) is 13.6. The number of ether oxygens (including phenoxy) is 1. The van der Waals surface area contributed by atoms with Gasteiger partial charge in [-0.05, 0) is 87.2 Å². The second-order valence-corrected chi connectivity index (χ2v) is 9.12. The highest BCUT2D eigenvalue weighted by Gasteiger charge is 2.25. The molecule has 0 spiro atoms. The lowest BCUT2D eigenvalue weighted by Gasteiger charge is -2.32. The molecule has 2 fully saturated rings. The van der Waals surface area contributed by atoms with Gasteiger partial charge in [-0.1, -0.05) is 15.9 Å². The van der Waals surface area contributed by atoms with E-state index >= 15 is 0 Å². The third-order valence-electron chi connectivity index (χ3n) is 6.23. The van der Waals surface area contributed by atoms with Crippen LogP contribution < -0.4 is 4.74 Å². The number of rotatable bonds is 8. The minimum Gasteiger partial charge on any atom is -0.497 e. The number of hydrogen-bond donors (Lipinski definition) is 1. The van der Waals surface area contributed by atoms with E-state index in [4.69, 9.17) is 9.84 Å². The summed E-state index contributed by atoms with van der Waals surface area (Å²) in [6, 6.07) is 6.22. The average Bonchev–Trinajstić information content (AvgIpc) is 3.16. The highest BCUT2D eigenvalue weighted by Crippen LogP contribution is 2.29. The molecule has 1 N–H and O–H groups in total. The molecular formula is C22H33BrN2O3. The van der Waals surface area contributed by atoms with Crippen molar-refractivity contribution < 1.29 is 14.6 Å². The number of benzene rings is 1. The summed E-state index contributed by atoms with van der Waals surface area (Å²) in [4.78, 5) is 16.1. The molecule has 5 nitrogen and oxygen atoms in total. The fourth-order valence-corrected chi connectivity index (χ4v) is 5.07. The Morgan fingerprint density at radius 3 is 2.89 bits per heavy atom. The van der Waals surface area contributed by atoms with Crippen molar-refractivity contribution in [2.75, 3.05) is 46.4 Å². The zero-order valence-electron chi connectivity index (χ0n) is 16.9. The Hall–Kier alpha value is -1.11. The van der Waals surface area contributed by atoms with E-state index in [0.717, 1.165) is 38.2 Å². The lowest BCUT2D eigenvalue weighted by molar-refractivity contribution is -0.136. The average molecular weight is 453 g/mol. The van der Waals surface area contributed by atoms with Crippen LogP contribution in [0.2, 0.25) is 0 Å². The normalized spacial score (nSPS) is 23.2. The molecule has 1 aromatic rings. The molecule has 28 heavy (non-hydrogen) atoms. The summed E-state index contributed by atoms with van der Waals surface area (Å²) in [5.74, 6) is 2.11. The summed E-state index contributed by atoms with van der Waals surface area (Å²) in [7, 11) is 1.72. The van der Waals surface area contributed by atoms with Crippen molar-refractivity contribution in [2.45, 2.75) is 38.5 Å². The third-order valence-corrected chi connectivity index (χ3v) is 7.00. The van der Waals surface area contributed by atoms with Crippen molar-refractivity contribution in [3.63, 3.8) is 0 Å². The van der Waals surface area contributed by atoms with E-state index in [1.54, 1.807) is 7.11 Å². The van der Waals surface area contributed by atoms with Crippen molar-refractivity contribution in [1.29, 1.82) is 0 Å². The largest absolute Gasteiger partial charge is 0.497 e. The van der Waals surface area contributed by atoms with E-state index in [-0.39, 0.29) is 12.5 Å². The van der Waals surface area contributed by atoms with Gasteiger partial charge in [0, 0.05) is 24.1 Å². The molecule has 156 valence electrons. The molecule has 2 atom stereocenters. The number of hydrogen-bond acceptors (Lipinski definition) is 4. The van der Waals surface area contributed by atoms with Crippen molar-refractivity contribution >= 4 is 21.8 Å². The Labute approximate surface area is 177 Å². The van der Waals surface area contributed by atoms with Crippen LogP contribution in [0.3, 0.4) is 0 Å². The summed E-state index contributed by atoms with van der Waals surface area (Å²) < 4.78 is 6.54. The SMILES string of the molecule is COc1ccc(Br)c(CC2CCN(CCCC3CCCN(C(=O)CO)C3)C2)c1. The molecule has 0 bridgehead atoms. The molecule has 1 aromatic carbocycles. The van der Waals surface area contributed by atoms with E-state index in [2.05, 4.69) is 33.0 Å². The summed E-state index contributed by atoms with van der Waals surface area (Å²) >= 11 is 3.68. The number of methoxy groups -OCH3 is 1. The van der Waals surface area contributed by atoms with Gasteiger partial charge in [-0.2, -0.15) is 0 Å². The molecule has 2 aliphatic rings. The number of nitrogens with zero attached hydrogens (tertiary/aromatic N) is 2. The zero-order valence-corrected chi connectivity index (χ0v) is 18.5. The van der Waals surface area contributed by atoms with Crippen LogP contribution in [-0.2, 0) is 11.2 Å². The van der Waals surface area contributed by atoms with Crippen molar-refractivity contribution in [2.24, 2.45) is 11.8 Å². The maximum Gasteiger partial charge on any atom is 0.248 e. The second-order valence-electron chi connectivity index (χ2n) is 8.27. The quantitative estimate of drug-likeness (QED) is 0.656. The van der Waals surface area contributed by atoms with Gasteiger partial charge in [-0.25, -0.2) is 0 Å². The summed E-state index contributed by atoms with van der Waals surface area (Å²) in [5, 5.41) is 9.06. The van der Waals surface area contributed by atoms with Crippen LogP contribution >= 0.6 is 15.9 Å². The Morgan fingerprint density at radius 2 is 2.11 bits per heavy atom. The first-order valence-electron chi connectivity index (χ1n) is 10.5. The third kappa shape index (κ3) is 5.94. The van der Waals surface area contributed by atoms with Gasteiger partial charge >= 0.3 is 0 Å². The standard InChI is InChI=1S/C22H33BrN2O3/c1-28-20-6-7-21(23)19(13-20)12-18-8-11-24(14-18)9-2-4-17-5-3-10-25(15-17)22(27)16-26/h6-7,13,17-18,26H,2-5,8-12,14-16H2,1H3. The van der Waals surface area contributed by atoms with E-state index in [1.165, 1.54) is 48.8 Å². The lowest BCUT2D eigenvalue weighted by Crippen LogP contribution is -2.41. The second kappa shape index (κ2) is 10.6. The number of aliphatic hydroxyl groups is 1. The summed E-state index contributed by atoms with van der Waals surface area (Å²) in [5.41, 5.74) is 1.34. The predicted octanol–water partition coefficient (Wildman–Crippen LogP) is 3.33. The summed E-state index contributed by atoms with van der Waals surface area (Å²) in [6.07, 6.45) is 7.00. The molecule has 6 heteroatoms. The van der Waals surface area contributed by atoms with Gasteiger partial charge in [0.25, 0.3) is 0 Å². The molecule has 0 aliphatic carbocycles. The van der Waals surface area contributed by atoms with Crippen LogP contribution in [0, 0.1) is 11.8 Å². The van der Waals surface area contributed by atoms with Crippen LogP contribution in [-0.4, -0.2) is 67.3 Å². The number of amides is 1. The van der Waals surface area contributed by atoms with Crippen LogP contribution in [0.4, 0.5) is 0 Å². The van der Waals surface area contributed by atoms with Gasteiger partial charge in [0.1, 0.15) is 12.4 Å². The topological polar surface area (TPSA) is 53.0 Å². The predicted molar refractivity (Wildman–Crippen MR) is 115 cm³/mol. The van der Waals surface area contributed by atoms with E-state index in [0.29, 0.717) is 11.8 Å². The van der Waals surface area contributed by atoms with Gasteiger partial charge in [-0.3, -0.25) is 4.79 Å². The molecule has 0 aromatic heterocycles. The molecule has 3 rings (SSSR count). The lowest BCUT2D eigenvalue weighted by atomic mass is 9.93.